The minimum atomic E-state index is -2.54. The van der Waals surface area contributed by atoms with Gasteiger partial charge in [-0.15, -0.1) is 0 Å². The van der Waals surface area contributed by atoms with Gasteiger partial charge in [0.15, 0.2) is 34.7 Å². The Bertz CT molecular complexity index is 1310. The molecule has 4 aliphatic rings. The van der Waals surface area contributed by atoms with E-state index in [1.54, 1.807) is 0 Å². The molecule has 4 fully saturated rings. The van der Waals surface area contributed by atoms with Gasteiger partial charge < -0.3 is 77.0 Å². The number of aliphatic carboxylic acids is 8. The predicted molar refractivity (Wildman–Crippen MR) is 189 cm³/mol. The molecule has 4 heterocycles. The largest absolute Gasteiger partial charge is 0.505 e. The second-order valence-electron chi connectivity index (χ2n) is 9.57. The van der Waals surface area contributed by atoms with Gasteiger partial charge in [0, 0.05) is 52.4 Å². The fourth-order valence-corrected chi connectivity index (χ4v) is 2.63. The standard InChI is InChI=1S/2C6H8O8.2C4H4O5.2C2H3O2.C2H6.4CH4.H2O.2Zr/c2*7-3(8)1-5(11,2-4(9)10)6(12)13-14-6;2*5-2(1-3(6)7)4-8-9-4;2*1-2(3)4;1-2;;;;;;;/h2*11-12H,1-2H2,(H,7,8)(H,9,10);2*5H,1H2,(H,6,7);2*1H2,(H,3,4);1-2H3;4*1H4;1H2;;/q;;;;2*-1;;;;;;;;. The van der Waals surface area contributed by atoms with Crippen molar-refractivity contribution in [1.82, 2.24) is 0 Å². The summed E-state index contributed by atoms with van der Waals surface area (Å²) in [4.78, 5) is 111. The van der Waals surface area contributed by atoms with E-state index < -0.39 is 109 Å². The van der Waals surface area contributed by atoms with Crippen LogP contribution < -0.4 is 0 Å². The molecule has 4 rings (SSSR count). The Labute approximate surface area is 395 Å². The van der Waals surface area contributed by atoms with Crippen molar-refractivity contribution < 1.29 is 207 Å². The minimum Gasteiger partial charge on any atom is -0.505 e. The topological polar surface area (TPSA) is 552 Å². The van der Waals surface area contributed by atoms with E-state index in [4.69, 9.17) is 70.9 Å². The summed E-state index contributed by atoms with van der Waals surface area (Å²) in [5.74, 6) is -16.4. The summed E-state index contributed by atoms with van der Waals surface area (Å²) >= 11 is 0. The third-order valence-electron chi connectivity index (χ3n) is 4.88. The first-order valence-corrected chi connectivity index (χ1v) is 14.0. The second-order valence-corrected chi connectivity index (χ2v) is 9.57. The summed E-state index contributed by atoms with van der Waals surface area (Å²) in [5, 5.41) is 119. The molecule has 33 heteroatoms. The fraction of sp³-hybridized carbons (Fsp3) is 0.533. The van der Waals surface area contributed by atoms with E-state index in [9.17, 15) is 39.0 Å². The number of aliphatic hydroxyl groups excluding tert-OH is 2. The van der Waals surface area contributed by atoms with Crippen molar-refractivity contribution in [3.8, 4) is 0 Å². The van der Waals surface area contributed by atoms with Crippen molar-refractivity contribution in [2.24, 2.45) is 0 Å². The Morgan fingerprint density at radius 1 is 0.460 bits per heavy atom. The molecule has 63 heavy (non-hydrogen) atoms. The van der Waals surface area contributed by atoms with Crippen LogP contribution in [-0.4, -0.2) is 148 Å². The van der Waals surface area contributed by atoms with Crippen LogP contribution in [0.2, 0.25) is 0 Å². The van der Waals surface area contributed by atoms with Crippen LogP contribution in [0.25, 0.3) is 0 Å². The van der Waals surface area contributed by atoms with Crippen LogP contribution in [0, 0.1) is 13.8 Å². The molecule has 4 saturated heterocycles. The number of carboxylic acids is 8. The third-order valence-corrected chi connectivity index (χ3v) is 4.88. The molecule has 16 N–H and O–H groups in total. The first-order chi connectivity index (χ1) is 25.4. The number of carboxylic acid groups (broad SMARTS) is 8. The molecule has 0 unspecified atom stereocenters. The normalized spacial score (nSPS) is 13.2. The van der Waals surface area contributed by atoms with Crippen LogP contribution in [0.4, 0.5) is 0 Å². The van der Waals surface area contributed by atoms with Crippen LogP contribution in [0.3, 0.4) is 0 Å². The van der Waals surface area contributed by atoms with Crippen molar-refractivity contribution in [2.75, 3.05) is 0 Å². The molecule has 0 amide bonds. The summed E-state index contributed by atoms with van der Waals surface area (Å²) in [6.07, 6.45) is -4.94. The van der Waals surface area contributed by atoms with Gasteiger partial charge in [0.1, 0.15) is 12.8 Å². The Morgan fingerprint density at radius 2 is 0.619 bits per heavy atom. The van der Waals surface area contributed by atoms with Crippen LogP contribution >= 0.6 is 0 Å². The van der Waals surface area contributed by atoms with Crippen molar-refractivity contribution >= 4 is 47.8 Å². The van der Waals surface area contributed by atoms with Gasteiger partial charge in [0.25, 0.3) is 0 Å². The summed E-state index contributed by atoms with van der Waals surface area (Å²) in [7, 11) is 0. The SMILES string of the molecule is C.C.C.C.CC.O.O=C(O)CC(O)(CC(=O)O)C1(O)OO1.O=C(O)CC(O)(CC(=O)O)C1(O)OO1.O=C(O)CC(O)=C1OO1.O=C(O)CC(O)=C1OO1.[CH2-]C(=O)O.[CH2-]C(=O)O.[Zr].[Zr]. The van der Waals surface area contributed by atoms with E-state index in [0.29, 0.717) is 0 Å². The van der Waals surface area contributed by atoms with Gasteiger partial charge in [-0.25, -0.2) is 19.6 Å². The van der Waals surface area contributed by atoms with Gasteiger partial charge in [-0.2, -0.15) is 19.6 Å². The maximum Gasteiger partial charge on any atom is 0.416 e. The van der Waals surface area contributed by atoms with Crippen molar-refractivity contribution in [1.29, 1.82) is 0 Å². The van der Waals surface area contributed by atoms with Crippen LogP contribution in [0.15, 0.2) is 23.4 Å². The van der Waals surface area contributed by atoms with Crippen LogP contribution in [0.5, 0.6) is 0 Å². The molecule has 0 aromatic heterocycles. The minimum absolute atomic E-state index is 0. The first-order valence-electron chi connectivity index (χ1n) is 14.0. The molecular weight excluding hydrogens is 1040 g/mol. The van der Waals surface area contributed by atoms with E-state index >= 15 is 0 Å². The van der Waals surface area contributed by atoms with Gasteiger partial charge in [-0.1, -0.05) is 43.6 Å². The molecule has 0 aromatic rings. The maximum absolute atomic E-state index is 10.3. The third kappa shape index (κ3) is 41.0. The van der Waals surface area contributed by atoms with Gasteiger partial charge in [0.2, 0.25) is 0 Å². The zero-order valence-corrected chi connectivity index (χ0v) is 34.9. The van der Waals surface area contributed by atoms with E-state index in [1.165, 1.54) is 0 Å². The molecule has 4 aliphatic heterocycles. The average Bonchev–Trinajstić information content (AvgIpc) is 3.80. The first kappa shape index (κ1) is 82.0. The van der Waals surface area contributed by atoms with Crippen molar-refractivity contribution in [3.63, 3.8) is 0 Å². The Morgan fingerprint density at radius 3 is 0.714 bits per heavy atom. The molecule has 0 aliphatic carbocycles. The number of aliphatic hydroxyl groups is 6. The van der Waals surface area contributed by atoms with Gasteiger partial charge in [-0.3, -0.25) is 52.2 Å². The molecule has 0 atom stereocenters. The summed E-state index contributed by atoms with van der Waals surface area (Å²) < 4.78 is 0. The maximum atomic E-state index is 10.3. The zero-order chi connectivity index (χ0) is 44.8. The number of rotatable bonds is 14. The van der Waals surface area contributed by atoms with E-state index in [-0.39, 0.29) is 111 Å². The number of hydrogen-bond acceptors (Lipinski definition) is 22. The van der Waals surface area contributed by atoms with Gasteiger partial charge >= 0.3 is 59.7 Å². The van der Waals surface area contributed by atoms with Crippen molar-refractivity contribution in [3.05, 3.63) is 37.3 Å². The molecule has 0 radical (unpaired) electrons. The zero-order valence-electron chi connectivity index (χ0n) is 29.9. The molecule has 0 saturated carbocycles. The van der Waals surface area contributed by atoms with E-state index in [1.807, 2.05) is 13.8 Å². The summed E-state index contributed by atoms with van der Waals surface area (Å²) in [5.41, 5.74) is -4.99. The molecular formula is C30H54O31Zr2-2. The predicted octanol–water partition coefficient (Wildman–Crippen LogP) is -0.599. The number of carbonyl (C=O) groups is 8. The van der Waals surface area contributed by atoms with E-state index in [0.717, 1.165) is 0 Å². The molecule has 0 bridgehead atoms. The van der Waals surface area contributed by atoms with Crippen molar-refractivity contribution in [2.45, 2.75) is 105 Å². The quantitative estimate of drug-likeness (QED) is 0.0447. The van der Waals surface area contributed by atoms with Gasteiger partial charge in [0.05, 0.1) is 25.7 Å². The smallest absolute Gasteiger partial charge is 0.416 e. The van der Waals surface area contributed by atoms with Crippen LogP contribution in [-0.2, 0) is 130 Å². The molecule has 0 aromatic carbocycles. The average molecular weight is 1090 g/mol. The summed E-state index contributed by atoms with van der Waals surface area (Å²) in [6, 6.07) is 0. The molecule has 31 nitrogen and oxygen atoms in total. The van der Waals surface area contributed by atoms with Gasteiger partial charge in [-0.05, 0) is 0 Å². The monoisotopic (exact) mass is 1090 g/mol. The fourth-order valence-electron chi connectivity index (χ4n) is 2.63. The summed E-state index contributed by atoms with van der Waals surface area (Å²) in [6.45, 7) is 9.11. The molecule has 0 spiro atoms. The number of hydrogen-bond donors (Lipinski definition) is 14. The van der Waals surface area contributed by atoms with Crippen LogP contribution in [0.1, 0.15) is 82.1 Å². The molecule has 370 valence electrons. The Hall–Kier alpha value is -4.81. The Kier molecular flexibility index (Phi) is 49.1. The van der Waals surface area contributed by atoms with E-state index in [2.05, 4.69) is 52.9 Å². The second kappa shape index (κ2) is 37.7. The Balaban J connectivity index is -0.0000000678.